The summed E-state index contributed by atoms with van der Waals surface area (Å²) in [5.41, 5.74) is 1.30. The Balaban J connectivity index is 2.33. The molecule has 100 valence electrons. The first-order valence-electron chi connectivity index (χ1n) is 6.19. The number of rotatable bonds is 5. The van der Waals surface area contributed by atoms with Crippen LogP contribution in [0, 0.1) is 5.92 Å². The number of allylic oxidation sites excluding steroid dienone is 1. The van der Waals surface area contributed by atoms with Crippen molar-refractivity contribution in [2.75, 3.05) is 32.4 Å². The minimum atomic E-state index is -3.01. The summed E-state index contributed by atoms with van der Waals surface area (Å²) in [6, 6.07) is 0. The Bertz CT molecular complexity index is 359. The molecule has 1 rings (SSSR count). The molecule has 17 heavy (non-hydrogen) atoms. The fourth-order valence-electron chi connectivity index (χ4n) is 2.06. The van der Waals surface area contributed by atoms with Crippen molar-refractivity contribution in [3.8, 4) is 0 Å². The van der Waals surface area contributed by atoms with Crippen molar-refractivity contribution >= 4 is 10.0 Å². The van der Waals surface area contributed by atoms with Crippen molar-refractivity contribution in [2.24, 2.45) is 5.92 Å². The molecule has 1 aliphatic rings. The van der Waals surface area contributed by atoms with Gasteiger partial charge in [0, 0.05) is 19.6 Å². The first-order chi connectivity index (χ1) is 7.89. The van der Waals surface area contributed by atoms with Crippen molar-refractivity contribution in [2.45, 2.75) is 26.7 Å². The highest BCUT2D eigenvalue weighted by atomic mass is 32.2. The summed E-state index contributed by atoms with van der Waals surface area (Å²) < 4.78 is 24.5. The van der Waals surface area contributed by atoms with E-state index in [1.807, 2.05) is 0 Å². The van der Waals surface area contributed by atoms with Crippen molar-refractivity contribution in [1.29, 1.82) is 0 Å². The molecule has 0 bridgehead atoms. The van der Waals surface area contributed by atoms with Crippen LogP contribution in [-0.4, -0.2) is 45.2 Å². The molecule has 0 spiro atoms. The van der Waals surface area contributed by atoms with Crippen molar-refractivity contribution in [3.05, 3.63) is 11.6 Å². The monoisotopic (exact) mass is 260 g/mol. The van der Waals surface area contributed by atoms with Gasteiger partial charge in [-0.25, -0.2) is 12.7 Å². The lowest BCUT2D eigenvalue weighted by molar-refractivity contribution is 0.263. The van der Waals surface area contributed by atoms with Gasteiger partial charge in [0.2, 0.25) is 10.0 Å². The maximum atomic E-state index is 11.4. The number of hydrogen-bond donors (Lipinski definition) is 1. The van der Waals surface area contributed by atoms with Crippen molar-refractivity contribution < 1.29 is 8.42 Å². The number of nitrogens with zero attached hydrogens (tertiary/aromatic N) is 1. The lowest BCUT2D eigenvalue weighted by Gasteiger charge is -2.30. The smallest absolute Gasteiger partial charge is 0.211 e. The maximum Gasteiger partial charge on any atom is 0.211 e. The van der Waals surface area contributed by atoms with E-state index in [0.717, 1.165) is 25.9 Å². The van der Waals surface area contributed by atoms with Gasteiger partial charge in [-0.3, -0.25) is 0 Å². The molecule has 0 aromatic carbocycles. The van der Waals surface area contributed by atoms with E-state index in [1.54, 1.807) is 4.31 Å². The van der Waals surface area contributed by atoms with Crippen molar-refractivity contribution in [3.63, 3.8) is 0 Å². The van der Waals surface area contributed by atoms with Crippen LogP contribution < -0.4 is 5.32 Å². The average molecular weight is 260 g/mol. The van der Waals surface area contributed by atoms with Crippen LogP contribution in [-0.2, 0) is 10.0 Å². The van der Waals surface area contributed by atoms with Crippen LogP contribution in [0.4, 0.5) is 0 Å². The molecule has 5 heteroatoms. The summed E-state index contributed by atoms with van der Waals surface area (Å²) in [5, 5.41) is 3.36. The summed E-state index contributed by atoms with van der Waals surface area (Å²) in [6.07, 6.45) is 5.54. The zero-order valence-electron chi connectivity index (χ0n) is 11.1. The number of nitrogens with one attached hydrogen (secondary N) is 1. The molecule has 1 unspecified atom stereocenters. The molecule has 4 nitrogen and oxygen atoms in total. The van der Waals surface area contributed by atoms with E-state index in [4.69, 9.17) is 0 Å². The van der Waals surface area contributed by atoms with E-state index < -0.39 is 10.0 Å². The molecule has 1 atom stereocenters. The Morgan fingerprint density at radius 2 is 2.18 bits per heavy atom. The molecule has 0 aromatic rings. The summed E-state index contributed by atoms with van der Waals surface area (Å²) in [6.45, 7) is 7.28. The van der Waals surface area contributed by atoms with Gasteiger partial charge in [0.25, 0.3) is 0 Å². The Kier molecular flexibility index (Phi) is 5.62. The van der Waals surface area contributed by atoms with Gasteiger partial charge in [0.15, 0.2) is 0 Å². The zero-order chi connectivity index (χ0) is 12.9. The highest BCUT2D eigenvalue weighted by molar-refractivity contribution is 7.88. The molecular formula is C12H24N2O2S. The predicted molar refractivity (Wildman–Crippen MR) is 71.4 cm³/mol. The molecule has 1 heterocycles. The van der Waals surface area contributed by atoms with Gasteiger partial charge >= 0.3 is 0 Å². The predicted octanol–water partition coefficient (Wildman–Crippen LogP) is 1.21. The number of sulfonamides is 1. The van der Waals surface area contributed by atoms with Crippen molar-refractivity contribution in [1.82, 2.24) is 9.62 Å². The zero-order valence-corrected chi connectivity index (χ0v) is 11.9. The van der Waals surface area contributed by atoms with Crippen LogP contribution in [0.3, 0.4) is 0 Å². The lowest BCUT2D eigenvalue weighted by Crippen LogP contribution is -2.42. The van der Waals surface area contributed by atoms with E-state index >= 15 is 0 Å². The van der Waals surface area contributed by atoms with E-state index in [1.165, 1.54) is 11.8 Å². The number of hydrogen-bond acceptors (Lipinski definition) is 3. The van der Waals surface area contributed by atoms with Gasteiger partial charge in [-0.05, 0) is 39.2 Å². The third-order valence-corrected chi connectivity index (χ3v) is 4.31. The molecule has 1 saturated heterocycles. The third-order valence-electron chi connectivity index (χ3n) is 3.04. The van der Waals surface area contributed by atoms with Gasteiger partial charge < -0.3 is 5.32 Å². The Labute approximate surface area is 105 Å². The molecule has 0 aromatic heterocycles. The Morgan fingerprint density at radius 1 is 1.47 bits per heavy atom. The molecule has 1 aliphatic heterocycles. The van der Waals surface area contributed by atoms with E-state index in [-0.39, 0.29) is 0 Å². The molecule has 1 N–H and O–H groups in total. The largest absolute Gasteiger partial charge is 0.313 e. The number of piperidine rings is 1. The van der Waals surface area contributed by atoms with Gasteiger partial charge in [0.1, 0.15) is 0 Å². The minimum absolute atomic E-state index is 0.448. The molecule has 0 saturated carbocycles. The van der Waals surface area contributed by atoms with Crippen LogP contribution in [0.15, 0.2) is 11.6 Å². The lowest BCUT2D eigenvalue weighted by atomic mass is 10.00. The standard InChI is InChI=1S/C12H24N2O2S/c1-11(2)6-7-13-9-12-5-4-8-14(10-12)17(3,15)16/h6,12-13H,4-5,7-10H2,1-3H3. The van der Waals surface area contributed by atoms with Crippen LogP contribution in [0.1, 0.15) is 26.7 Å². The first kappa shape index (κ1) is 14.7. The summed E-state index contributed by atoms with van der Waals surface area (Å²) in [7, 11) is -3.01. The molecular weight excluding hydrogens is 236 g/mol. The third kappa shape index (κ3) is 5.66. The molecule has 0 radical (unpaired) electrons. The van der Waals surface area contributed by atoms with E-state index in [2.05, 4.69) is 25.2 Å². The highest BCUT2D eigenvalue weighted by Gasteiger charge is 2.25. The quantitative estimate of drug-likeness (QED) is 0.597. The van der Waals surface area contributed by atoms with Gasteiger partial charge in [0.05, 0.1) is 6.26 Å². The topological polar surface area (TPSA) is 49.4 Å². The fraction of sp³-hybridized carbons (Fsp3) is 0.833. The molecule has 1 fully saturated rings. The van der Waals surface area contributed by atoms with Crippen LogP contribution >= 0.6 is 0 Å². The van der Waals surface area contributed by atoms with Crippen LogP contribution in [0.2, 0.25) is 0 Å². The Hall–Kier alpha value is -0.390. The molecule has 0 aliphatic carbocycles. The normalized spacial score (nSPS) is 22.4. The minimum Gasteiger partial charge on any atom is -0.313 e. The first-order valence-corrected chi connectivity index (χ1v) is 8.03. The summed E-state index contributed by atoms with van der Waals surface area (Å²) in [5.74, 6) is 0.448. The molecule has 0 amide bonds. The second-order valence-corrected chi connectivity index (χ2v) is 7.05. The maximum absolute atomic E-state index is 11.4. The SMILES string of the molecule is CC(C)=CCNCC1CCCN(S(C)(=O)=O)C1. The summed E-state index contributed by atoms with van der Waals surface area (Å²) >= 11 is 0. The average Bonchev–Trinajstić information content (AvgIpc) is 2.23. The fourth-order valence-corrected chi connectivity index (χ4v) is 3.00. The summed E-state index contributed by atoms with van der Waals surface area (Å²) in [4.78, 5) is 0. The second kappa shape index (κ2) is 6.52. The van der Waals surface area contributed by atoms with E-state index in [9.17, 15) is 8.42 Å². The van der Waals surface area contributed by atoms with Gasteiger partial charge in [-0.1, -0.05) is 11.6 Å². The van der Waals surface area contributed by atoms with Gasteiger partial charge in [-0.15, -0.1) is 0 Å². The second-order valence-electron chi connectivity index (χ2n) is 5.07. The highest BCUT2D eigenvalue weighted by Crippen LogP contribution is 2.17. The van der Waals surface area contributed by atoms with E-state index in [0.29, 0.717) is 19.0 Å². The van der Waals surface area contributed by atoms with Gasteiger partial charge in [-0.2, -0.15) is 0 Å². The Morgan fingerprint density at radius 3 is 2.76 bits per heavy atom. The van der Waals surface area contributed by atoms with Crippen LogP contribution in [0.5, 0.6) is 0 Å². The van der Waals surface area contributed by atoms with Crippen LogP contribution in [0.25, 0.3) is 0 Å².